The Morgan fingerprint density at radius 2 is 0.816 bits per heavy atom. The van der Waals surface area contributed by atoms with Crippen molar-refractivity contribution in [2.75, 3.05) is 37.9 Å². The number of para-hydroxylation sites is 2. The number of nitrogen functional groups attached to an aromatic ring is 2. The number of hydrogen-bond donors (Lipinski definition) is 2. The van der Waals surface area contributed by atoms with Crippen molar-refractivity contribution in [2.24, 2.45) is 0 Å². The summed E-state index contributed by atoms with van der Waals surface area (Å²) >= 11 is 0. The van der Waals surface area contributed by atoms with E-state index in [1.165, 1.54) is 0 Å². The Bertz CT molecular complexity index is 1360. The van der Waals surface area contributed by atoms with Crippen LogP contribution in [0.25, 0.3) is 0 Å². The first kappa shape index (κ1) is 24.7. The third-order valence-electron chi connectivity index (χ3n) is 6.04. The van der Waals surface area contributed by atoms with Gasteiger partial charge in [0.2, 0.25) is 0 Å². The summed E-state index contributed by atoms with van der Waals surface area (Å²) in [7, 11) is 0. The molecule has 0 atom stereocenters. The lowest BCUT2D eigenvalue weighted by Gasteiger charge is -2.25. The maximum Gasteiger partial charge on any atom is 0.196 e. The Morgan fingerprint density at radius 1 is 0.474 bits per heavy atom. The number of carbonyl (C=O) groups is 2. The lowest BCUT2D eigenvalue weighted by Crippen LogP contribution is -2.25. The van der Waals surface area contributed by atoms with Crippen LogP contribution in [0.3, 0.4) is 0 Å². The Hall–Kier alpha value is -4.98. The normalized spacial score (nSPS) is 11.9. The number of anilines is 2. The van der Waals surface area contributed by atoms with Gasteiger partial charge in [-0.05, 0) is 24.3 Å². The molecule has 0 heterocycles. The van der Waals surface area contributed by atoms with Gasteiger partial charge >= 0.3 is 0 Å². The van der Waals surface area contributed by atoms with Crippen molar-refractivity contribution in [1.29, 1.82) is 0 Å². The zero-order valence-corrected chi connectivity index (χ0v) is 20.5. The van der Waals surface area contributed by atoms with Gasteiger partial charge in [0.1, 0.15) is 37.9 Å². The molecule has 4 N–H and O–H groups in total. The highest BCUT2D eigenvalue weighted by Gasteiger charge is 2.37. The molecule has 0 saturated heterocycles. The zero-order chi connectivity index (χ0) is 26.5. The molecule has 4 aromatic rings. The molecule has 0 saturated carbocycles. The topological polar surface area (TPSA) is 123 Å². The number of hydrogen-bond acceptors (Lipinski definition) is 8. The Morgan fingerprint density at radius 3 is 1.21 bits per heavy atom. The first-order valence-electron chi connectivity index (χ1n) is 12.1. The predicted octanol–water partition coefficient (Wildman–Crippen LogP) is 4.54. The zero-order valence-electron chi connectivity index (χ0n) is 20.5. The molecular weight excluding hydrogens is 484 g/mol. The maximum atomic E-state index is 13.4. The van der Waals surface area contributed by atoms with Crippen LogP contribution >= 0.6 is 0 Å². The van der Waals surface area contributed by atoms with E-state index in [0.29, 0.717) is 11.5 Å². The van der Waals surface area contributed by atoms with Gasteiger partial charge in [-0.15, -0.1) is 0 Å². The molecule has 0 aliphatic heterocycles. The number of benzene rings is 4. The molecule has 4 aromatic carbocycles. The van der Waals surface area contributed by atoms with E-state index in [-0.39, 0.29) is 71.6 Å². The molecule has 192 valence electrons. The van der Waals surface area contributed by atoms with E-state index in [9.17, 15) is 9.59 Å². The van der Waals surface area contributed by atoms with Gasteiger partial charge in [-0.3, -0.25) is 9.59 Å². The highest BCUT2D eigenvalue weighted by Crippen LogP contribution is 2.47. The van der Waals surface area contributed by atoms with E-state index in [4.69, 9.17) is 30.4 Å². The van der Waals surface area contributed by atoms with E-state index in [2.05, 4.69) is 0 Å². The Kier molecular flexibility index (Phi) is 7.13. The number of fused-ring (bicyclic) bond motifs is 2. The number of nitrogens with two attached hydrogens (primary N) is 2. The first-order valence-corrected chi connectivity index (χ1v) is 12.1. The average Bonchev–Trinajstić information content (AvgIpc) is 2.95. The van der Waals surface area contributed by atoms with Gasteiger partial charge in [0.25, 0.3) is 0 Å². The highest BCUT2D eigenvalue weighted by molar-refractivity contribution is 6.32. The Labute approximate surface area is 219 Å². The molecule has 1 aliphatic carbocycles. The predicted molar refractivity (Wildman–Crippen MR) is 143 cm³/mol. The van der Waals surface area contributed by atoms with E-state index in [1.54, 1.807) is 24.3 Å². The van der Waals surface area contributed by atoms with Gasteiger partial charge < -0.3 is 30.4 Å². The highest BCUT2D eigenvalue weighted by atomic mass is 16.6. The molecule has 8 nitrogen and oxygen atoms in total. The minimum atomic E-state index is -0.399. The van der Waals surface area contributed by atoms with Gasteiger partial charge in [-0.1, -0.05) is 60.7 Å². The number of ether oxygens (including phenoxy) is 4. The molecule has 5 rings (SSSR count). The molecule has 8 heteroatoms. The quantitative estimate of drug-likeness (QED) is 0.207. The molecule has 0 unspecified atom stereocenters. The maximum absolute atomic E-state index is 13.4. The smallest absolute Gasteiger partial charge is 0.196 e. The Balaban J connectivity index is 1.43. The second-order valence-electron chi connectivity index (χ2n) is 8.46. The summed E-state index contributed by atoms with van der Waals surface area (Å²) in [5.41, 5.74) is 13.5. The van der Waals surface area contributed by atoms with Crippen LogP contribution in [0.4, 0.5) is 11.4 Å². The molecule has 0 aromatic heterocycles. The monoisotopic (exact) mass is 510 g/mol. The minimum absolute atomic E-state index is 0.0121. The van der Waals surface area contributed by atoms with Gasteiger partial charge in [-0.2, -0.15) is 0 Å². The van der Waals surface area contributed by atoms with Crippen molar-refractivity contribution < 1.29 is 28.5 Å². The molecule has 0 amide bonds. The summed E-state index contributed by atoms with van der Waals surface area (Å²) in [6.45, 7) is 0.583. The average molecular weight is 511 g/mol. The largest absolute Gasteiger partial charge is 0.490 e. The van der Waals surface area contributed by atoms with Crippen LogP contribution < -0.4 is 30.4 Å². The van der Waals surface area contributed by atoms with E-state index < -0.39 is 11.6 Å². The van der Waals surface area contributed by atoms with Crippen LogP contribution in [-0.2, 0) is 0 Å². The van der Waals surface area contributed by atoms with Gasteiger partial charge in [0.05, 0.1) is 22.5 Å². The molecule has 1 aliphatic rings. The van der Waals surface area contributed by atoms with Crippen molar-refractivity contribution in [3.8, 4) is 23.0 Å². The molecule has 38 heavy (non-hydrogen) atoms. The summed E-state index contributed by atoms with van der Waals surface area (Å²) in [5.74, 6) is 0.727. The van der Waals surface area contributed by atoms with Crippen LogP contribution in [0.15, 0.2) is 84.9 Å². The van der Waals surface area contributed by atoms with Crippen LogP contribution in [0.5, 0.6) is 23.0 Å². The van der Waals surface area contributed by atoms with Gasteiger partial charge in [0.15, 0.2) is 23.1 Å². The SMILES string of the molecule is Nc1c(OCCOc2ccccc2)c(OCCOc2ccccc2)c(N)c2c1C(=O)c1ccccc1C2=O. The van der Waals surface area contributed by atoms with Gasteiger partial charge in [-0.25, -0.2) is 0 Å². The molecule has 0 bridgehead atoms. The fourth-order valence-electron chi connectivity index (χ4n) is 4.29. The number of carbonyl (C=O) groups excluding carboxylic acids is 2. The summed E-state index contributed by atoms with van der Waals surface area (Å²) in [6.07, 6.45) is 0. The van der Waals surface area contributed by atoms with Crippen LogP contribution in [0.1, 0.15) is 31.8 Å². The second-order valence-corrected chi connectivity index (χ2v) is 8.46. The van der Waals surface area contributed by atoms with E-state index in [0.717, 1.165) is 0 Å². The summed E-state index contributed by atoms with van der Waals surface area (Å²) in [4.78, 5) is 26.8. The van der Waals surface area contributed by atoms with Crippen LogP contribution in [-0.4, -0.2) is 38.0 Å². The standard InChI is InChI=1S/C30H26N2O6/c31-25-23-24(28(34)22-14-8-7-13-21(22)27(23)33)26(32)30(38-18-16-36-20-11-5-2-6-12-20)29(25)37-17-15-35-19-9-3-1-4-10-19/h1-14H,15-18,31-32H2. The second kappa shape index (κ2) is 11.0. The van der Waals surface area contributed by atoms with E-state index >= 15 is 0 Å². The van der Waals surface area contributed by atoms with Gasteiger partial charge in [0, 0.05) is 11.1 Å². The van der Waals surface area contributed by atoms with Crippen molar-refractivity contribution >= 4 is 22.9 Å². The summed E-state index contributed by atoms with van der Waals surface area (Å²) in [5, 5.41) is 0. The number of ketones is 2. The van der Waals surface area contributed by atoms with Crippen molar-refractivity contribution in [3.05, 3.63) is 107 Å². The van der Waals surface area contributed by atoms with E-state index in [1.807, 2.05) is 60.7 Å². The summed E-state index contributed by atoms with van der Waals surface area (Å²) < 4.78 is 23.3. The van der Waals surface area contributed by atoms with Crippen molar-refractivity contribution in [3.63, 3.8) is 0 Å². The lowest BCUT2D eigenvalue weighted by atomic mass is 9.82. The number of rotatable bonds is 10. The minimum Gasteiger partial charge on any atom is -0.490 e. The van der Waals surface area contributed by atoms with Crippen LogP contribution in [0.2, 0.25) is 0 Å². The van der Waals surface area contributed by atoms with Crippen LogP contribution in [0, 0.1) is 0 Å². The van der Waals surface area contributed by atoms with Crippen molar-refractivity contribution in [1.82, 2.24) is 0 Å². The lowest BCUT2D eigenvalue weighted by molar-refractivity contribution is 0.0979. The third-order valence-corrected chi connectivity index (χ3v) is 6.04. The molecule has 0 spiro atoms. The fourth-order valence-corrected chi connectivity index (χ4v) is 4.29. The molecule has 0 radical (unpaired) electrons. The van der Waals surface area contributed by atoms with Crippen molar-refractivity contribution in [2.45, 2.75) is 0 Å². The first-order chi connectivity index (χ1) is 18.6. The molecule has 0 fully saturated rings. The third kappa shape index (κ3) is 4.84. The molecular formula is C30H26N2O6. The fraction of sp³-hybridized carbons (Fsp3) is 0.133. The summed E-state index contributed by atoms with van der Waals surface area (Å²) in [6, 6.07) is 25.1.